The van der Waals surface area contributed by atoms with Crippen molar-refractivity contribution in [2.75, 3.05) is 33.5 Å². The van der Waals surface area contributed by atoms with Gasteiger partial charge in [0, 0.05) is 19.8 Å². The third-order valence-electron chi connectivity index (χ3n) is 4.25. The van der Waals surface area contributed by atoms with Gasteiger partial charge in [-0.25, -0.2) is 0 Å². The highest BCUT2D eigenvalue weighted by Gasteiger charge is 2.16. The molecule has 1 rings (SSSR count). The monoisotopic (exact) mass is 271 g/mol. The lowest BCUT2D eigenvalue weighted by Gasteiger charge is -2.16. The van der Waals surface area contributed by atoms with Gasteiger partial charge < -0.3 is 14.8 Å². The van der Waals surface area contributed by atoms with Gasteiger partial charge in [-0.2, -0.15) is 0 Å². The molecule has 1 fully saturated rings. The summed E-state index contributed by atoms with van der Waals surface area (Å²) in [5.74, 6) is 0.987. The van der Waals surface area contributed by atoms with Crippen LogP contribution in [0.3, 0.4) is 0 Å². The van der Waals surface area contributed by atoms with Crippen LogP contribution < -0.4 is 5.32 Å². The maximum Gasteiger partial charge on any atom is 0.0700 e. The zero-order valence-corrected chi connectivity index (χ0v) is 13.0. The zero-order valence-electron chi connectivity index (χ0n) is 13.0. The van der Waals surface area contributed by atoms with Gasteiger partial charge in [0.25, 0.3) is 0 Å². The van der Waals surface area contributed by atoms with Crippen LogP contribution in [0.1, 0.15) is 58.3 Å². The van der Waals surface area contributed by atoms with Crippen LogP contribution in [0, 0.1) is 5.92 Å². The standard InChI is InChI=1S/C16H33NO2/c1-3-15-7-6-8-16(10-9-15)17-11-4-5-12-19-14-13-18-2/h15-17H,3-14H2,1-2H3. The minimum Gasteiger partial charge on any atom is -0.382 e. The van der Waals surface area contributed by atoms with Gasteiger partial charge in [-0.15, -0.1) is 0 Å². The lowest BCUT2D eigenvalue weighted by atomic mass is 9.98. The summed E-state index contributed by atoms with van der Waals surface area (Å²) in [6.07, 6.45) is 10.8. The molecule has 1 N–H and O–H groups in total. The van der Waals surface area contributed by atoms with Crippen molar-refractivity contribution in [1.82, 2.24) is 5.32 Å². The van der Waals surface area contributed by atoms with E-state index in [2.05, 4.69) is 12.2 Å². The quantitative estimate of drug-likeness (QED) is 0.488. The molecule has 1 aliphatic carbocycles. The van der Waals surface area contributed by atoms with Crippen LogP contribution in [0.4, 0.5) is 0 Å². The second-order valence-electron chi connectivity index (χ2n) is 5.75. The molecule has 114 valence electrons. The molecule has 0 aromatic rings. The van der Waals surface area contributed by atoms with Gasteiger partial charge in [0.15, 0.2) is 0 Å². The molecule has 0 aromatic carbocycles. The normalized spacial score (nSPS) is 24.3. The van der Waals surface area contributed by atoms with Gasteiger partial charge in [-0.3, -0.25) is 0 Å². The Morgan fingerprint density at radius 3 is 2.68 bits per heavy atom. The maximum atomic E-state index is 5.46. The van der Waals surface area contributed by atoms with E-state index in [4.69, 9.17) is 9.47 Å². The summed E-state index contributed by atoms with van der Waals surface area (Å²) >= 11 is 0. The Kier molecular flexibility index (Phi) is 10.4. The van der Waals surface area contributed by atoms with E-state index in [0.29, 0.717) is 6.61 Å². The lowest BCUT2D eigenvalue weighted by Crippen LogP contribution is -2.29. The summed E-state index contributed by atoms with van der Waals surface area (Å²) in [6.45, 7) is 5.79. The van der Waals surface area contributed by atoms with E-state index in [1.54, 1.807) is 7.11 Å². The molecule has 0 heterocycles. The van der Waals surface area contributed by atoms with E-state index in [0.717, 1.165) is 38.1 Å². The van der Waals surface area contributed by atoms with Crippen LogP contribution in [0.15, 0.2) is 0 Å². The number of methoxy groups -OCH3 is 1. The third kappa shape index (κ3) is 8.61. The minimum absolute atomic E-state index is 0.707. The number of hydrogen-bond acceptors (Lipinski definition) is 3. The number of hydrogen-bond donors (Lipinski definition) is 1. The van der Waals surface area contributed by atoms with E-state index in [1.807, 2.05) is 0 Å². The topological polar surface area (TPSA) is 30.5 Å². The molecule has 0 radical (unpaired) electrons. The predicted octanol–water partition coefficient (Wildman–Crippen LogP) is 3.38. The second-order valence-corrected chi connectivity index (χ2v) is 5.75. The molecule has 3 nitrogen and oxygen atoms in total. The minimum atomic E-state index is 0.707. The van der Waals surface area contributed by atoms with Gasteiger partial charge in [-0.1, -0.05) is 26.2 Å². The van der Waals surface area contributed by atoms with Crippen LogP contribution in [0.5, 0.6) is 0 Å². The predicted molar refractivity (Wildman–Crippen MR) is 80.6 cm³/mol. The Morgan fingerprint density at radius 1 is 1.00 bits per heavy atom. The average molecular weight is 271 g/mol. The second kappa shape index (κ2) is 11.7. The molecular weight excluding hydrogens is 238 g/mol. The first-order valence-corrected chi connectivity index (χ1v) is 8.16. The van der Waals surface area contributed by atoms with Crippen LogP contribution >= 0.6 is 0 Å². The van der Waals surface area contributed by atoms with Gasteiger partial charge >= 0.3 is 0 Å². The van der Waals surface area contributed by atoms with Crippen molar-refractivity contribution in [3.05, 3.63) is 0 Å². The Morgan fingerprint density at radius 2 is 1.89 bits per heavy atom. The first kappa shape index (κ1) is 16.9. The van der Waals surface area contributed by atoms with E-state index in [-0.39, 0.29) is 0 Å². The SMILES string of the molecule is CCC1CCCC(NCCCCOCCOC)CC1. The van der Waals surface area contributed by atoms with E-state index in [1.165, 1.54) is 44.9 Å². The molecule has 1 aliphatic rings. The summed E-state index contributed by atoms with van der Waals surface area (Å²) in [7, 11) is 1.71. The Labute approximate surface area is 119 Å². The van der Waals surface area contributed by atoms with Crippen molar-refractivity contribution in [3.8, 4) is 0 Å². The van der Waals surface area contributed by atoms with E-state index in [9.17, 15) is 0 Å². The van der Waals surface area contributed by atoms with Gasteiger partial charge in [0.2, 0.25) is 0 Å². The molecule has 3 heteroatoms. The molecule has 19 heavy (non-hydrogen) atoms. The van der Waals surface area contributed by atoms with Crippen LogP contribution in [-0.2, 0) is 9.47 Å². The molecule has 2 unspecified atom stereocenters. The molecule has 0 aromatic heterocycles. The maximum absolute atomic E-state index is 5.46. The fourth-order valence-electron chi connectivity index (χ4n) is 2.87. The summed E-state index contributed by atoms with van der Waals surface area (Å²) < 4.78 is 10.4. The summed E-state index contributed by atoms with van der Waals surface area (Å²) in [4.78, 5) is 0. The lowest BCUT2D eigenvalue weighted by molar-refractivity contribution is 0.0687. The molecule has 0 aliphatic heterocycles. The van der Waals surface area contributed by atoms with Gasteiger partial charge in [0.1, 0.15) is 0 Å². The molecule has 0 saturated heterocycles. The Hall–Kier alpha value is -0.120. The van der Waals surface area contributed by atoms with Gasteiger partial charge in [0.05, 0.1) is 13.2 Å². The molecular formula is C16H33NO2. The highest BCUT2D eigenvalue weighted by Crippen LogP contribution is 2.25. The highest BCUT2D eigenvalue weighted by atomic mass is 16.5. The highest BCUT2D eigenvalue weighted by molar-refractivity contribution is 4.74. The molecule has 0 amide bonds. The van der Waals surface area contributed by atoms with Crippen LogP contribution in [0.25, 0.3) is 0 Å². The Bertz CT molecular complexity index is 199. The van der Waals surface area contributed by atoms with Crippen molar-refractivity contribution in [1.29, 1.82) is 0 Å². The summed E-state index contributed by atoms with van der Waals surface area (Å²) in [5.41, 5.74) is 0. The van der Waals surface area contributed by atoms with Crippen molar-refractivity contribution >= 4 is 0 Å². The average Bonchev–Trinajstić information content (AvgIpc) is 2.67. The van der Waals surface area contributed by atoms with Gasteiger partial charge in [-0.05, 0) is 44.6 Å². The van der Waals surface area contributed by atoms with E-state index < -0.39 is 0 Å². The zero-order chi connectivity index (χ0) is 13.8. The number of nitrogens with one attached hydrogen (secondary N) is 1. The Balaban J connectivity index is 1.91. The molecule has 2 atom stereocenters. The number of unbranched alkanes of at least 4 members (excludes halogenated alkanes) is 1. The first-order chi connectivity index (χ1) is 9.36. The van der Waals surface area contributed by atoms with Crippen molar-refractivity contribution in [3.63, 3.8) is 0 Å². The third-order valence-corrected chi connectivity index (χ3v) is 4.25. The van der Waals surface area contributed by atoms with Crippen LogP contribution in [-0.4, -0.2) is 39.5 Å². The fraction of sp³-hybridized carbons (Fsp3) is 1.00. The summed E-state index contributed by atoms with van der Waals surface area (Å²) in [6, 6.07) is 0.769. The molecule has 0 spiro atoms. The van der Waals surface area contributed by atoms with E-state index >= 15 is 0 Å². The number of rotatable bonds is 10. The van der Waals surface area contributed by atoms with Crippen molar-refractivity contribution in [2.24, 2.45) is 5.92 Å². The number of ether oxygens (including phenoxy) is 2. The first-order valence-electron chi connectivity index (χ1n) is 8.16. The van der Waals surface area contributed by atoms with Crippen molar-refractivity contribution < 1.29 is 9.47 Å². The smallest absolute Gasteiger partial charge is 0.0700 e. The largest absolute Gasteiger partial charge is 0.382 e. The summed E-state index contributed by atoms with van der Waals surface area (Å²) in [5, 5.41) is 3.73. The van der Waals surface area contributed by atoms with Crippen molar-refractivity contribution in [2.45, 2.75) is 64.3 Å². The van der Waals surface area contributed by atoms with Crippen LogP contribution in [0.2, 0.25) is 0 Å². The molecule has 1 saturated carbocycles. The fourth-order valence-corrected chi connectivity index (χ4v) is 2.87. The molecule has 0 bridgehead atoms.